The van der Waals surface area contributed by atoms with Crippen LogP contribution in [0.4, 0.5) is 5.13 Å². The number of nitrogens with one attached hydrogen (secondary N) is 2. The standard InChI is InChI=1S/C26H28N4O4S/c1-16(2)12-18-4-6-19(7-5-18)23-14-28-25(34-23)11-10-24(32)30-26-29-21(15-35-26)22-9-8-20(33-22)13-27-17(3)31/h4-9,14-16H,10-13H2,1-3H3,(H,27,31)(H,29,30,32). The number of aromatic nitrogens is 2. The van der Waals surface area contributed by atoms with Crippen molar-refractivity contribution in [2.45, 2.75) is 46.6 Å². The summed E-state index contributed by atoms with van der Waals surface area (Å²) in [5.74, 6) is 2.73. The first-order chi connectivity index (χ1) is 16.9. The SMILES string of the molecule is CC(=O)NCc1ccc(-c2csc(NC(=O)CCc3ncc(-c4ccc(CC(C)C)cc4)o3)n2)o1. The first-order valence-electron chi connectivity index (χ1n) is 11.5. The second-order valence-electron chi connectivity index (χ2n) is 8.67. The maximum absolute atomic E-state index is 12.4. The van der Waals surface area contributed by atoms with E-state index in [0.717, 1.165) is 12.0 Å². The number of furan rings is 1. The molecule has 9 heteroatoms. The fourth-order valence-electron chi connectivity index (χ4n) is 3.50. The molecule has 4 aromatic rings. The monoisotopic (exact) mass is 492 g/mol. The summed E-state index contributed by atoms with van der Waals surface area (Å²) in [6.07, 6.45) is 3.35. The van der Waals surface area contributed by atoms with Gasteiger partial charge >= 0.3 is 0 Å². The van der Waals surface area contributed by atoms with Crippen LogP contribution in [0.1, 0.15) is 44.4 Å². The Morgan fingerprint density at radius 1 is 1.06 bits per heavy atom. The van der Waals surface area contributed by atoms with Crippen LogP contribution in [0.5, 0.6) is 0 Å². The predicted octanol–water partition coefficient (Wildman–Crippen LogP) is 5.46. The molecule has 0 fully saturated rings. The lowest BCUT2D eigenvalue weighted by Gasteiger charge is -2.05. The summed E-state index contributed by atoms with van der Waals surface area (Å²) < 4.78 is 11.5. The highest BCUT2D eigenvalue weighted by Crippen LogP contribution is 2.27. The summed E-state index contributed by atoms with van der Waals surface area (Å²) in [5, 5.41) is 7.79. The third-order valence-corrected chi connectivity index (χ3v) is 5.94. The largest absolute Gasteiger partial charge is 0.458 e. The Labute approximate surface area is 207 Å². The Balaban J connectivity index is 1.28. The molecule has 182 valence electrons. The lowest BCUT2D eigenvalue weighted by Crippen LogP contribution is -2.18. The van der Waals surface area contributed by atoms with E-state index < -0.39 is 0 Å². The molecule has 0 unspecified atom stereocenters. The third kappa shape index (κ3) is 6.89. The molecule has 35 heavy (non-hydrogen) atoms. The van der Waals surface area contributed by atoms with Crippen molar-refractivity contribution < 1.29 is 18.4 Å². The quantitative estimate of drug-likeness (QED) is 0.304. The molecule has 3 aromatic heterocycles. The van der Waals surface area contributed by atoms with Crippen LogP contribution in [0.15, 0.2) is 56.8 Å². The number of oxazole rings is 1. The molecule has 8 nitrogen and oxygen atoms in total. The van der Waals surface area contributed by atoms with Gasteiger partial charge < -0.3 is 19.5 Å². The Kier molecular flexibility index (Phi) is 7.77. The number of hydrogen-bond donors (Lipinski definition) is 2. The van der Waals surface area contributed by atoms with Crippen LogP contribution in [0, 0.1) is 5.92 Å². The molecule has 4 rings (SSSR count). The number of carbonyl (C=O) groups is 2. The van der Waals surface area contributed by atoms with Gasteiger partial charge in [0, 0.05) is 30.7 Å². The van der Waals surface area contributed by atoms with Gasteiger partial charge in [-0.3, -0.25) is 9.59 Å². The lowest BCUT2D eigenvalue weighted by atomic mass is 10.0. The van der Waals surface area contributed by atoms with Crippen LogP contribution in [-0.2, 0) is 29.0 Å². The Morgan fingerprint density at radius 3 is 2.60 bits per heavy atom. The van der Waals surface area contributed by atoms with Gasteiger partial charge in [0.15, 0.2) is 22.5 Å². The first kappa shape index (κ1) is 24.4. The van der Waals surface area contributed by atoms with Crippen molar-refractivity contribution in [3.63, 3.8) is 0 Å². The molecular weight excluding hydrogens is 464 g/mol. The molecule has 2 N–H and O–H groups in total. The number of amides is 2. The number of benzene rings is 1. The number of thiazole rings is 1. The van der Waals surface area contributed by atoms with Crippen LogP contribution < -0.4 is 10.6 Å². The zero-order chi connectivity index (χ0) is 24.8. The number of nitrogens with zero attached hydrogens (tertiary/aromatic N) is 2. The van der Waals surface area contributed by atoms with E-state index in [-0.39, 0.29) is 18.2 Å². The van der Waals surface area contributed by atoms with Crippen molar-refractivity contribution in [1.29, 1.82) is 0 Å². The minimum atomic E-state index is -0.172. The Hall–Kier alpha value is -3.72. The van der Waals surface area contributed by atoms with Crippen LogP contribution in [-0.4, -0.2) is 21.8 Å². The summed E-state index contributed by atoms with van der Waals surface area (Å²) in [7, 11) is 0. The van der Waals surface area contributed by atoms with E-state index in [2.05, 4.69) is 46.6 Å². The smallest absolute Gasteiger partial charge is 0.226 e. The number of aryl methyl sites for hydroxylation is 1. The highest BCUT2D eigenvalue weighted by Gasteiger charge is 2.13. The lowest BCUT2D eigenvalue weighted by molar-refractivity contribution is -0.119. The van der Waals surface area contributed by atoms with Gasteiger partial charge in [0.1, 0.15) is 11.5 Å². The van der Waals surface area contributed by atoms with Crippen LogP contribution in [0.3, 0.4) is 0 Å². The summed E-state index contributed by atoms with van der Waals surface area (Å²) in [6, 6.07) is 11.9. The van der Waals surface area contributed by atoms with Gasteiger partial charge in [0.2, 0.25) is 11.8 Å². The molecule has 0 saturated heterocycles. The van der Waals surface area contributed by atoms with Gasteiger partial charge in [-0.2, -0.15) is 0 Å². The first-order valence-corrected chi connectivity index (χ1v) is 12.4. The summed E-state index contributed by atoms with van der Waals surface area (Å²) >= 11 is 1.32. The fourth-order valence-corrected chi connectivity index (χ4v) is 4.22. The highest BCUT2D eigenvalue weighted by molar-refractivity contribution is 7.14. The van der Waals surface area contributed by atoms with Crippen molar-refractivity contribution in [3.8, 4) is 22.8 Å². The molecule has 0 atom stereocenters. The molecule has 0 spiro atoms. The van der Waals surface area contributed by atoms with E-state index in [1.165, 1.54) is 23.8 Å². The van der Waals surface area contributed by atoms with Crippen molar-refractivity contribution in [2.24, 2.45) is 5.92 Å². The average molecular weight is 493 g/mol. The van der Waals surface area contributed by atoms with E-state index in [1.54, 1.807) is 18.3 Å². The number of rotatable bonds is 10. The third-order valence-electron chi connectivity index (χ3n) is 5.18. The van der Waals surface area contributed by atoms with E-state index in [4.69, 9.17) is 8.83 Å². The minimum absolute atomic E-state index is 0.127. The predicted molar refractivity (Wildman–Crippen MR) is 135 cm³/mol. The molecule has 0 radical (unpaired) electrons. The molecule has 2 amide bonds. The van der Waals surface area contributed by atoms with Gasteiger partial charge in [0.25, 0.3) is 0 Å². The maximum Gasteiger partial charge on any atom is 0.226 e. The van der Waals surface area contributed by atoms with E-state index in [0.29, 0.717) is 52.9 Å². The molecule has 1 aromatic carbocycles. The summed E-state index contributed by atoms with van der Waals surface area (Å²) in [5.41, 5.74) is 2.88. The topological polar surface area (TPSA) is 110 Å². The molecule has 0 aliphatic rings. The Bertz CT molecular complexity index is 1290. The Morgan fingerprint density at radius 2 is 1.86 bits per heavy atom. The zero-order valence-electron chi connectivity index (χ0n) is 20.0. The van der Waals surface area contributed by atoms with E-state index >= 15 is 0 Å². The van der Waals surface area contributed by atoms with Crippen LogP contribution in [0.2, 0.25) is 0 Å². The fraction of sp³-hybridized carbons (Fsp3) is 0.308. The summed E-state index contributed by atoms with van der Waals surface area (Å²) in [6.45, 7) is 6.17. The van der Waals surface area contributed by atoms with Crippen LogP contribution >= 0.6 is 11.3 Å². The summed E-state index contributed by atoms with van der Waals surface area (Å²) in [4.78, 5) is 32.2. The van der Waals surface area contributed by atoms with E-state index in [1.807, 2.05) is 17.5 Å². The van der Waals surface area contributed by atoms with Gasteiger partial charge in [-0.1, -0.05) is 38.1 Å². The average Bonchev–Trinajstić information content (AvgIpc) is 3.57. The normalized spacial score (nSPS) is 11.1. The number of carbonyl (C=O) groups excluding carboxylic acids is 2. The molecule has 0 aliphatic carbocycles. The highest BCUT2D eigenvalue weighted by atomic mass is 32.1. The van der Waals surface area contributed by atoms with Crippen molar-refractivity contribution >= 4 is 28.3 Å². The van der Waals surface area contributed by atoms with Gasteiger partial charge in [-0.15, -0.1) is 11.3 Å². The number of hydrogen-bond acceptors (Lipinski definition) is 7. The van der Waals surface area contributed by atoms with Gasteiger partial charge in [0.05, 0.1) is 12.7 Å². The van der Waals surface area contributed by atoms with Crippen molar-refractivity contribution in [3.05, 3.63) is 65.2 Å². The van der Waals surface area contributed by atoms with Crippen molar-refractivity contribution in [2.75, 3.05) is 5.32 Å². The van der Waals surface area contributed by atoms with Gasteiger partial charge in [-0.25, -0.2) is 9.97 Å². The second-order valence-corrected chi connectivity index (χ2v) is 9.53. The second kappa shape index (κ2) is 11.1. The molecule has 0 aliphatic heterocycles. The molecule has 0 bridgehead atoms. The zero-order valence-corrected chi connectivity index (χ0v) is 20.8. The minimum Gasteiger partial charge on any atom is -0.458 e. The van der Waals surface area contributed by atoms with Crippen LogP contribution in [0.25, 0.3) is 22.8 Å². The van der Waals surface area contributed by atoms with Crippen molar-refractivity contribution in [1.82, 2.24) is 15.3 Å². The maximum atomic E-state index is 12.4. The van der Waals surface area contributed by atoms with E-state index in [9.17, 15) is 9.59 Å². The van der Waals surface area contributed by atoms with Gasteiger partial charge in [-0.05, 0) is 30.0 Å². The molecule has 0 saturated carbocycles. The number of anilines is 1. The molecular formula is C26H28N4O4S. The molecule has 3 heterocycles.